The zero-order valence-corrected chi connectivity index (χ0v) is 16.9. The highest BCUT2D eigenvalue weighted by atomic mass is 79.9. The molecule has 1 amide bonds. The molecule has 2 fully saturated rings. The number of aliphatic hydroxyl groups is 1. The second-order valence-electron chi connectivity index (χ2n) is 7.19. The highest BCUT2D eigenvalue weighted by Gasteiger charge is 2.64. The third-order valence-corrected chi connectivity index (χ3v) is 5.37. The van der Waals surface area contributed by atoms with Gasteiger partial charge in [0, 0.05) is 11.4 Å². The molecule has 0 unspecified atom stereocenters. The van der Waals surface area contributed by atoms with Crippen LogP contribution in [-0.2, 0) is 19.0 Å². The number of nitrogens with zero attached hydrogens (tertiary/aromatic N) is 4. The number of halogens is 1. The molecule has 4 rings (SSSR count). The van der Waals surface area contributed by atoms with Crippen molar-refractivity contribution in [3.63, 3.8) is 0 Å². The first kappa shape index (κ1) is 19.2. The molecule has 0 spiro atoms. The molecule has 2 saturated heterocycles. The number of aromatic nitrogens is 3. The third kappa shape index (κ3) is 2.80. The van der Waals surface area contributed by atoms with Crippen molar-refractivity contribution >= 4 is 33.2 Å². The van der Waals surface area contributed by atoms with E-state index in [0.29, 0.717) is 21.5 Å². The lowest BCUT2D eigenvalue weighted by Gasteiger charge is -2.27. The van der Waals surface area contributed by atoms with Gasteiger partial charge in [0.25, 0.3) is 0 Å². The summed E-state index contributed by atoms with van der Waals surface area (Å²) < 4.78 is 20.1. The second-order valence-corrected chi connectivity index (χ2v) is 8.04. The van der Waals surface area contributed by atoms with E-state index >= 15 is 0 Å². The van der Waals surface area contributed by atoms with E-state index < -0.39 is 36.3 Å². The van der Waals surface area contributed by atoms with Crippen LogP contribution in [0.3, 0.4) is 0 Å². The number of fused-ring (bicyclic) bond motifs is 2. The fourth-order valence-electron chi connectivity index (χ4n) is 3.70. The Morgan fingerprint density at radius 3 is 2.86 bits per heavy atom. The molecule has 2 aliphatic heterocycles. The van der Waals surface area contributed by atoms with E-state index in [-0.39, 0.29) is 5.91 Å². The van der Waals surface area contributed by atoms with E-state index in [1.165, 1.54) is 13.3 Å². The predicted molar refractivity (Wildman–Crippen MR) is 98.1 cm³/mol. The second kappa shape index (κ2) is 6.47. The highest BCUT2D eigenvalue weighted by molar-refractivity contribution is 9.10. The Labute approximate surface area is 168 Å². The summed E-state index contributed by atoms with van der Waals surface area (Å²) in [5.41, 5.74) is -0.463. The molecular formula is C17H18BrN5O5. The topological polar surface area (TPSA) is 131 Å². The number of carbonyl (C=O) groups excluding carboxylic acids is 1. The van der Waals surface area contributed by atoms with Gasteiger partial charge in [-0.3, -0.25) is 4.79 Å². The molecule has 4 atom stereocenters. The maximum Gasteiger partial charge on any atom is 0.222 e. The zero-order chi connectivity index (χ0) is 20.3. The first-order valence-corrected chi connectivity index (χ1v) is 9.36. The fourth-order valence-corrected chi connectivity index (χ4v) is 4.29. The Bertz CT molecular complexity index is 1000. The Kier molecular flexibility index (Phi) is 4.44. The fraction of sp³-hybridized carbons (Fsp3) is 0.529. The van der Waals surface area contributed by atoms with Crippen LogP contribution in [0.4, 0.5) is 5.82 Å². The van der Waals surface area contributed by atoms with Gasteiger partial charge in [-0.1, -0.05) is 0 Å². The van der Waals surface area contributed by atoms with Crippen molar-refractivity contribution < 1.29 is 24.1 Å². The van der Waals surface area contributed by atoms with E-state index in [1.54, 1.807) is 24.4 Å². The molecular weight excluding hydrogens is 434 g/mol. The molecule has 0 saturated carbocycles. The van der Waals surface area contributed by atoms with Gasteiger partial charge in [-0.2, -0.15) is 10.4 Å². The summed E-state index contributed by atoms with van der Waals surface area (Å²) in [5, 5.41) is 26.5. The smallest absolute Gasteiger partial charge is 0.222 e. The molecule has 2 N–H and O–H groups in total. The van der Waals surface area contributed by atoms with Crippen molar-refractivity contribution in [3.05, 3.63) is 22.6 Å². The lowest BCUT2D eigenvalue weighted by atomic mass is 9.96. The molecule has 0 bridgehead atoms. The summed E-state index contributed by atoms with van der Waals surface area (Å²) in [6.45, 7) is 4.32. The van der Waals surface area contributed by atoms with Gasteiger partial charge in [0.15, 0.2) is 11.6 Å². The normalized spacial score (nSPS) is 30.9. The Hall–Kier alpha value is -2.10. The molecule has 11 heteroatoms. The van der Waals surface area contributed by atoms with Crippen molar-refractivity contribution in [1.82, 2.24) is 14.6 Å². The van der Waals surface area contributed by atoms with Crippen LogP contribution in [0.1, 0.15) is 32.6 Å². The highest BCUT2D eigenvalue weighted by Crippen LogP contribution is 2.50. The molecule has 2 aromatic rings. The number of amides is 1. The van der Waals surface area contributed by atoms with E-state index in [1.807, 2.05) is 6.07 Å². The number of aliphatic hydroxyl groups excluding tert-OH is 1. The Morgan fingerprint density at radius 1 is 1.46 bits per heavy atom. The van der Waals surface area contributed by atoms with Crippen LogP contribution in [0.2, 0.25) is 0 Å². The summed E-state index contributed by atoms with van der Waals surface area (Å²) in [6, 6.07) is 3.80. The standard InChI is InChI=1S/C17H18BrN5O5/c1-8(25)22-15-11-9(18)4-10(23(11)21-7-20-15)12-13-14(28-16(2,3)26-13)17(5-19,6-24)27-12/h4,7,12-14,24H,6H2,1-3H3,(H,20,21,22,25)/t12-,13-,14-,17+/m0/s1. The van der Waals surface area contributed by atoms with Crippen molar-refractivity contribution in [1.29, 1.82) is 5.26 Å². The number of carbonyl (C=O) groups is 1. The van der Waals surface area contributed by atoms with Crippen LogP contribution < -0.4 is 5.32 Å². The number of rotatable bonds is 3. The maximum atomic E-state index is 11.5. The number of nitriles is 1. The number of nitrogens with one attached hydrogen (secondary N) is 1. The predicted octanol–water partition coefficient (Wildman–Crippen LogP) is 1.30. The van der Waals surface area contributed by atoms with Crippen LogP contribution in [0.5, 0.6) is 0 Å². The largest absolute Gasteiger partial charge is 0.392 e. The zero-order valence-electron chi connectivity index (χ0n) is 15.3. The van der Waals surface area contributed by atoms with Gasteiger partial charge in [-0.05, 0) is 35.8 Å². The summed E-state index contributed by atoms with van der Waals surface area (Å²) in [6.07, 6.45) is -0.841. The van der Waals surface area contributed by atoms with Crippen molar-refractivity contribution in [2.75, 3.05) is 11.9 Å². The number of ether oxygens (including phenoxy) is 3. The van der Waals surface area contributed by atoms with Gasteiger partial charge in [0.2, 0.25) is 11.5 Å². The molecule has 0 aromatic carbocycles. The molecule has 0 aliphatic carbocycles. The van der Waals surface area contributed by atoms with Gasteiger partial charge >= 0.3 is 0 Å². The monoisotopic (exact) mass is 451 g/mol. The molecule has 28 heavy (non-hydrogen) atoms. The number of hydrogen-bond donors (Lipinski definition) is 2. The average Bonchev–Trinajstić information content (AvgIpc) is 3.23. The molecule has 2 aliphatic rings. The van der Waals surface area contributed by atoms with Crippen LogP contribution in [0.15, 0.2) is 16.9 Å². The van der Waals surface area contributed by atoms with Gasteiger partial charge in [0.05, 0.1) is 12.3 Å². The van der Waals surface area contributed by atoms with E-state index in [2.05, 4.69) is 31.3 Å². The minimum absolute atomic E-state index is 0.273. The van der Waals surface area contributed by atoms with E-state index in [9.17, 15) is 15.2 Å². The quantitative estimate of drug-likeness (QED) is 0.713. The maximum absolute atomic E-state index is 11.5. The van der Waals surface area contributed by atoms with Gasteiger partial charge in [-0.25, -0.2) is 9.50 Å². The van der Waals surface area contributed by atoms with Crippen LogP contribution in [0.25, 0.3) is 5.52 Å². The van der Waals surface area contributed by atoms with Crippen molar-refractivity contribution in [2.45, 2.75) is 50.5 Å². The van der Waals surface area contributed by atoms with Crippen LogP contribution >= 0.6 is 15.9 Å². The summed E-state index contributed by atoms with van der Waals surface area (Å²) in [7, 11) is 0. The minimum atomic E-state index is -1.56. The summed E-state index contributed by atoms with van der Waals surface area (Å²) in [4.78, 5) is 15.6. The number of hydrogen-bond acceptors (Lipinski definition) is 8. The molecule has 0 radical (unpaired) electrons. The molecule has 10 nitrogen and oxygen atoms in total. The Balaban J connectivity index is 1.84. The molecule has 148 valence electrons. The van der Waals surface area contributed by atoms with Crippen LogP contribution in [0, 0.1) is 11.3 Å². The lowest BCUT2D eigenvalue weighted by molar-refractivity contribution is -0.205. The van der Waals surface area contributed by atoms with Gasteiger partial charge in [-0.15, -0.1) is 0 Å². The SMILES string of the molecule is CC(=O)Nc1ncnn2c([C@@H]3O[C@](C#N)(CO)[C@H]4OC(C)(C)O[C@@H]34)cc(Br)c12. The molecule has 4 heterocycles. The van der Waals surface area contributed by atoms with E-state index in [0.717, 1.165) is 0 Å². The summed E-state index contributed by atoms with van der Waals surface area (Å²) >= 11 is 3.47. The third-order valence-electron chi connectivity index (χ3n) is 4.77. The number of anilines is 1. The minimum Gasteiger partial charge on any atom is -0.392 e. The van der Waals surface area contributed by atoms with Crippen molar-refractivity contribution in [3.8, 4) is 6.07 Å². The first-order chi connectivity index (χ1) is 13.2. The average molecular weight is 452 g/mol. The first-order valence-electron chi connectivity index (χ1n) is 8.56. The summed E-state index contributed by atoms with van der Waals surface area (Å²) in [5.74, 6) is -0.881. The van der Waals surface area contributed by atoms with Crippen molar-refractivity contribution in [2.24, 2.45) is 0 Å². The van der Waals surface area contributed by atoms with E-state index in [4.69, 9.17) is 14.2 Å². The molecule has 2 aromatic heterocycles. The van der Waals surface area contributed by atoms with Gasteiger partial charge < -0.3 is 24.6 Å². The van der Waals surface area contributed by atoms with Crippen LogP contribution in [-0.4, -0.2) is 55.8 Å². The van der Waals surface area contributed by atoms with Gasteiger partial charge in [0.1, 0.15) is 36.2 Å². The lowest BCUT2D eigenvalue weighted by Crippen LogP contribution is -2.45. The Morgan fingerprint density at radius 2 is 2.21 bits per heavy atom.